The molecule has 4 aromatic rings. The number of halogens is 2. The van der Waals surface area contributed by atoms with Crippen molar-refractivity contribution >= 4 is 44.9 Å². The highest BCUT2D eigenvalue weighted by Gasteiger charge is 2.28. The van der Waals surface area contributed by atoms with Crippen LogP contribution in [-0.2, 0) is 21.4 Å². The summed E-state index contributed by atoms with van der Waals surface area (Å²) < 4.78 is 38.9. The number of ether oxygens (including phenoxy) is 1. The Labute approximate surface area is 217 Å². The van der Waals surface area contributed by atoms with Crippen molar-refractivity contribution in [2.45, 2.75) is 11.5 Å². The standard InChI is InChI=1S/C25H19Cl2N3O5S/c1-2-14-30(20-11-9-19(26)10-12-20)36(32,33)22-15-18(8-13-21(22)27)25(31)34-16-23-28-29-24(35-23)17-6-4-3-5-7-17/h2-13,15H,1,14,16H2. The van der Waals surface area contributed by atoms with Crippen molar-refractivity contribution in [3.8, 4) is 11.5 Å². The summed E-state index contributed by atoms with van der Waals surface area (Å²) in [5.41, 5.74) is 1.06. The van der Waals surface area contributed by atoms with Gasteiger partial charge >= 0.3 is 5.97 Å². The third-order valence-electron chi connectivity index (χ3n) is 4.96. The highest BCUT2D eigenvalue weighted by Crippen LogP contribution is 2.30. The van der Waals surface area contributed by atoms with Gasteiger partial charge in [-0.15, -0.1) is 16.8 Å². The van der Waals surface area contributed by atoms with Crippen LogP contribution in [0.15, 0.2) is 94.8 Å². The molecule has 0 saturated carbocycles. The summed E-state index contributed by atoms with van der Waals surface area (Å²) in [4.78, 5) is 12.4. The van der Waals surface area contributed by atoms with Gasteiger partial charge in [-0.1, -0.05) is 47.5 Å². The number of rotatable bonds is 9. The summed E-state index contributed by atoms with van der Waals surface area (Å²) in [5.74, 6) is -0.417. The Morgan fingerprint density at radius 3 is 2.44 bits per heavy atom. The molecule has 1 heterocycles. The lowest BCUT2D eigenvalue weighted by molar-refractivity contribution is 0.0438. The Balaban J connectivity index is 1.55. The lowest BCUT2D eigenvalue weighted by Gasteiger charge is -2.24. The first-order valence-corrected chi connectivity index (χ1v) is 12.7. The van der Waals surface area contributed by atoms with Crippen LogP contribution in [0, 0.1) is 0 Å². The molecule has 0 fully saturated rings. The van der Waals surface area contributed by atoms with Crippen LogP contribution >= 0.6 is 23.2 Å². The number of benzene rings is 3. The third-order valence-corrected chi connectivity index (χ3v) is 7.49. The van der Waals surface area contributed by atoms with Crippen LogP contribution in [0.25, 0.3) is 11.5 Å². The van der Waals surface area contributed by atoms with Gasteiger partial charge in [0.05, 0.1) is 22.8 Å². The molecule has 8 nitrogen and oxygen atoms in total. The predicted octanol–water partition coefficient (Wildman–Crippen LogP) is 5.78. The van der Waals surface area contributed by atoms with Crippen molar-refractivity contribution < 1.29 is 22.4 Å². The van der Waals surface area contributed by atoms with Gasteiger partial charge in [0, 0.05) is 10.6 Å². The minimum absolute atomic E-state index is 0.0181. The van der Waals surface area contributed by atoms with Gasteiger partial charge in [0.1, 0.15) is 4.90 Å². The smallest absolute Gasteiger partial charge is 0.338 e. The Bertz CT molecular complexity index is 1490. The van der Waals surface area contributed by atoms with E-state index < -0.39 is 16.0 Å². The first kappa shape index (κ1) is 25.4. The molecule has 0 N–H and O–H groups in total. The van der Waals surface area contributed by atoms with Crippen LogP contribution in [0.4, 0.5) is 5.69 Å². The molecular formula is C25H19Cl2N3O5S. The van der Waals surface area contributed by atoms with Crippen molar-refractivity contribution in [1.29, 1.82) is 0 Å². The molecule has 0 bridgehead atoms. The number of nitrogens with zero attached hydrogens (tertiary/aromatic N) is 3. The van der Waals surface area contributed by atoms with Crippen molar-refractivity contribution in [2.75, 3.05) is 10.8 Å². The summed E-state index contributed by atoms with van der Waals surface area (Å²) >= 11 is 12.2. The van der Waals surface area contributed by atoms with E-state index in [1.807, 2.05) is 18.2 Å². The SMILES string of the molecule is C=CCN(c1ccc(Cl)cc1)S(=O)(=O)c1cc(C(=O)OCc2nnc(-c3ccccc3)o2)ccc1Cl. The Morgan fingerprint density at radius 1 is 1.03 bits per heavy atom. The molecule has 3 aromatic carbocycles. The summed E-state index contributed by atoms with van der Waals surface area (Å²) in [7, 11) is -4.17. The Morgan fingerprint density at radius 2 is 1.75 bits per heavy atom. The highest BCUT2D eigenvalue weighted by atomic mass is 35.5. The van der Waals surface area contributed by atoms with E-state index in [9.17, 15) is 13.2 Å². The average Bonchev–Trinajstić information content (AvgIpc) is 3.36. The molecule has 0 radical (unpaired) electrons. The van der Waals surface area contributed by atoms with E-state index >= 15 is 0 Å². The quantitative estimate of drug-likeness (QED) is 0.194. The number of anilines is 1. The largest absolute Gasteiger partial charge is 0.452 e. The molecule has 0 aliphatic carbocycles. The molecular weight excluding hydrogens is 525 g/mol. The number of carbonyl (C=O) groups excluding carboxylic acids is 1. The molecule has 0 unspecified atom stereocenters. The van der Waals surface area contributed by atoms with Gasteiger partial charge < -0.3 is 9.15 Å². The fraction of sp³-hybridized carbons (Fsp3) is 0.0800. The van der Waals surface area contributed by atoms with Gasteiger partial charge in [0.2, 0.25) is 5.89 Å². The van der Waals surface area contributed by atoms with Crippen molar-refractivity contribution in [1.82, 2.24) is 10.2 Å². The van der Waals surface area contributed by atoms with E-state index in [2.05, 4.69) is 16.8 Å². The fourth-order valence-electron chi connectivity index (χ4n) is 3.23. The number of hydrogen-bond acceptors (Lipinski definition) is 7. The van der Waals surface area contributed by atoms with Crippen LogP contribution in [0.5, 0.6) is 0 Å². The molecule has 0 amide bonds. The topological polar surface area (TPSA) is 103 Å². The van der Waals surface area contributed by atoms with Crippen LogP contribution in [0.3, 0.4) is 0 Å². The maximum atomic E-state index is 13.5. The molecule has 36 heavy (non-hydrogen) atoms. The van der Waals surface area contributed by atoms with E-state index in [-0.39, 0.29) is 40.4 Å². The minimum Gasteiger partial charge on any atom is -0.452 e. The van der Waals surface area contributed by atoms with Gasteiger partial charge in [0.25, 0.3) is 15.9 Å². The third kappa shape index (κ3) is 5.59. The van der Waals surface area contributed by atoms with Gasteiger partial charge in [0.15, 0.2) is 6.61 Å². The summed E-state index contributed by atoms with van der Waals surface area (Å²) in [6, 6.07) is 19.2. The van der Waals surface area contributed by atoms with Crippen LogP contribution < -0.4 is 4.31 Å². The number of esters is 1. The molecule has 184 valence electrons. The molecule has 0 aliphatic heterocycles. The van der Waals surface area contributed by atoms with Gasteiger partial charge in [-0.25, -0.2) is 13.2 Å². The van der Waals surface area contributed by atoms with Crippen molar-refractivity contribution in [3.05, 3.63) is 107 Å². The summed E-state index contributed by atoms with van der Waals surface area (Å²) in [5, 5.41) is 8.21. The van der Waals surface area contributed by atoms with Crippen LogP contribution in [0.1, 0.15) is 16.2 Å². The molecule has 1 aromatic heterocycles. The van der Waals surface area contributed by atoms with E-state index in [1.165, 1.54) is 18.2 Å². The fourth-order valence-corrected chi connectivity index (χ4v) is 5.30. The second-order valence-corrected chi connectivity index (χ2v) is 10.1. The van der Waals surface area contributed by atoms with Crippen molar-refractivity contribution in [3.63, 3.8) is 0 Å². The van der Waals surface area contributed by atoms with E-state index in [1.54, 1.807) is 36.4 Å². The number of carbonyl (C=O) groups is 1. The first-order valence-electron chi connectivity index (χ1n) is 10.5. The minimum atomic E-state index is -4.17. The van der Waals surface area contributed by atoms with Gasteiger partial charge in [-0.3, -0.25) is 4.31 Å². The van der Waals surface area contributed by atoms with Crippen LogP contribution in [-0.4, -0.2) is 31.1 Å². The average molecular weight is 544 g/mol. The maximum absolute atomic E-state index is 13.5. The molecule has 4 rings (SSSR count). The van der Waals surface area contributed by atoms with Gasteiger partial charge in [-0.2, -0.15) is 0 Å². The monoisotopic (exact) mass is 543 g/mol. The van der Waals surface area contributed by atoms with E-state index in [0.29, 0.717) is 10.7 Å². The summed E-state index contributed by atoms with van der Waals surface area (Å²) in [6.07, 6.45) is 1.44. The zero-order chi connectivity index (χ0) is 25.7. The number of hydrogen-bond donors (Lipinski definition) is 0. The van der Waals surface area contributed by atoms with E-state index in [4.69, 9.17) is 32.4 Å². The predicted molar refractivity (Wildman–Crippen MR) is 136 cm³/mol. The molecule has 11 heteroatoms. The Hall–Kier alpha value is -3.66. The number of aromatic nitrogens is 2. The Kier molecular flexibility index (Phi) is 7.73. The van der Waals surface area contributed by atoms with E-state index in [0.717, 1.165) is 15.9 Å². The molecule has 0 atom stereocenters. The maximum Gasteiger partial charge on any atom is 0.338 e. The first-order chi connectivity index (χ1) is 17.3. The lowest BCUT2D eigenvalue weighted by atomic mass is 10.2. The highest BCUT2D eigenvalue weighted by molar-refractivity contribution is 7.93. The second-order valence-electron chi connectivity index (χ2n) is 7.39. The second kappa shape index (κ2) is 10.9. The lowest BCUT2D eigenvalue weighted by Crippen LogP contribution is -2.31. The number of sulfonamides is 1. The van der Waals surface area contributed by atoms with Gasteiger partial charge in [-0.05, 0) is 54.6 Å². The van der Waals surface area contributed by atoms with Crippen molar-refractivity contribution in [2.24, 2.45) is 0 Å². The zero-order valence-corrected chi connectivity index (χ0v) is 21.0. The summed E-state index contributed by atoms with van der Waals surface area (Å²) in [6.45, 7) is 3.31. The molecule has 0 saturated heterocycles. The zero-order valence-electron chi connectivity index (χ0n) is 18.7. The molecule has 0 spiro atoms. The molecule has 0 aliphatic rings. The normalized spacial score (nSPS) is 11.2. The van der Waals surface area contributed by atoms with Crippen LogP contribution in [0.2, 0.25) is 10.0 Å².